The van der Waals surface area contributed by atoms with Gasteiger partial charge in [0.25, 0.3) is 5.91 Å². The molecule has 1 N–H and O–H groups in total. The molecule has 3 fully saturated rings. The molecule has 3 aliphatic heterocycles. The molecule has 1 saturated carbocycles. The van der Waals surface area contributed by atoms with Crippen LogP contribution in [0.4, 0.5) is 13.2 Å². The molecule has 4 aliphatic rings. The summed E-state index contributed by atoms with van der Waals surface area (Å²) in [6, 6.07) is 7.51. The third kappa shape index (κ3) is 4.99. The van der Waals surface area contributed by atoms with E-state index in [0.717, 1.165) is 56.6 Å². The molecular formula is C28H29F3N4O4. The highest BCUT2D eigenvalue weighted by atomic mass is 19.4. The Kier molecular flexibility index (Phi) is 6.57. The number of rotatable bonds is 5. The molecule has 2 aromatic rings. The maximum atomic E-state index is 13.0. The molecule has 0 spiro atoms. The van der Waals surface area contributed by atoms with E-state index < -0.39 is 23.7 Å². The van der Waals surface area contributed by atoms with Crippen LogP contribution in [0.1, 0.15) is 71.6 Å². The van der Waals surface area contributed by atoms with Crippen LogP contribution in [-0.4, -0.2) is 63.8 Å². The first kappa shape index (κ1) is 25.8. The summed E-state index contributed by atoms with van der Waals surface area (Å²) in [5, 5.41) is 2.32. The molecule has 6 rings (SSSR count). The van der Waals surface area contributed by atoms with E-state index in [-0.39, 0.29) is 36.3 Å². The summed E-state index contributed by atoms with van der Waals surface area (Å²) >= 11 is 0. The second kappa shape index (κ2) is 9.93. The van der Waals surface area contributed by atoms with Gasteiger partial charge in [-0.2, -0.15) is 13.2 Å². The van der Waals surface area contributed by atoms with Gasteiger partial charge < -0.3 is 9.64 Å². The van der Waals surface area contributed by atoms with Crippen LogP contribution in [0, 0.1) is 0 Å². The number of nitrogens with zero attached hydrogens (tertiary/aromatic N) is 3. The lowest BCUT2D eigenvalue weighted by atomic mass is 9.85. The number of imide groups is 1. The van der Waals surface area contributed by atoms with Gasteiger partial charge in [0, 0.05) is 55.5 Å². The Morgan fingerprint density at radius 2 is 1.79 bits per heavy atom. The van der Waals surface area contributed by atoms with E-state index in [1.165, 1.54) is 11.0 Å². The number of benzene rings is 1. The zero-order valence-electron chi connectivity index (χ0n) is 21.2. The van der Waals surface area contributed by atoms with Gasteiger partial charge >= 0.3 is 6.18 Å². The maximum absolute atomic E-state index is 13.0. The topological polar surface area (TPSA) is 91.8 Å². The Hall–Kier alpha value is -3.47. The number of pyridine rings is 1. The molecule has 206 valence electrons. The number of alkyl halides is 3. The summed E-state index contributed by atoms with van der Waals surface area (Å²) in [5.74, 6) is -0.204. The molecule has 1 aromatic carbocycles. The average molecular weight is 543 g/mol. The monoisotopic (exact) mass is 542 g/mol. The maximum Gasteiger partial charge on any atom is 0.417 e. The second-order valence-electron chi connectivity index (χ2n) is 10.8. The summed E-state index contributed by atoms with van der Waals surface area (Å²) in [6.07, 6.45) is 1.00. The number of nitrogens with one attached hydrogen (secondary N) is 1. The van der Waals surface area contributed by atoms with Crippen LogP contribution in [0.15, 0.2) is 36.5 Å². The molecule has 3 atom stereocenters. The van der Waals surface area contributed by atoms with E-state index in [0.29, 0.717) is 30.0 Å². The van der Waals surface area contributed by atoms with Crippen molar-refractivity contribution in [2.24, 2.45) is 0 Å². The van der Waals surface area contributed by atoms with Crippen molar-refractivity contribution in [3.05, 3.63) is 58.9 Å². The van der Waals surface area contributed by atoms with Gasteiger partial charge in [-0.1, -0.05) is 6.42 Å². The van der Waals surface area contributed by atoms with Crippen molar-refractivity contribution in [2.75, 3.05) is 13.1 Å². The number of aromatic nitrogens is 1. The van der Waals surface area contributed by atoms with Gasteiger partial charge in [-0.05, 0) is 61.6 Å². The normalized spacial score (nSPS) is 26.3. The number of hydrogen-bond acceptors (Lipinski definition) is 6. The number of carbonyl (C=O) groups is 3. The number of likely N-dealkylation sites (tertiary alicyclic amines) is 1. The third-order valence-electron chi connectivity index (χ3n) is 8.36. The molecule has 0 bridgehead atoms. The first-order chi connectivity index (χ1) is 18.7. The Bertz CT molecular complexity index is 1290. The van der Waals surface area contributed by atoms with E-state index in [4.69, 9.17) is 4.74 Å². The van der Waals surface area contributed by atoms with Crippen LogP contribution in [0.2, 0.25) is 0 Å². The zero-order chi connectivity index (χ0) is 27.3. The average Bonchev–Trinajstić information content (AvgIpc) is 3.19. The first-order valence-corrected chi connectivity index (χ1v) is 13.4. The lowest BCUT2D eigenvalue weighted by Gasteiger charge is -2.48. The van der Waals surface area contributed by atoms with Crippen LogP contribution in [-0.2, 0) is 22.3 Å². The SMILES string of the molecule is O=C1CC[C@@H](N2Cc3cc(O[C@@H]4CCCC[C@H]4N4CC(c5ccc(C(F)(F)F)cn5)C4)ccc3C2=O)C(=O)N1. The molecule has 3 amide bonds. The molecule has 11 heteroatoms. The predicted molar refractivity (Wildman–Crippen MR) is 133 cm³/mol. The van der Waals surface area contributed by atoms with E-state index in [1.807, 2.05) is 6.07 Å². The van der Waals surface area contributed by atoms with Gasteiger partial charge in [-0.3, -0.25) is 29.6 Å². The number of halogens is 3. The van der Waals surface area contributed by atoms with Crippen LogP contribution < -0.4 is 10.1 Å². The molecule has 2 saturated heterocycles. The van der Waals surface area contributed by atoms with Crippen molar-refractivity contribution in [3.8, 4) is 5.75 Å². The highest BCUT2D eigenvalue weighted by Gasteiger charge is 2.41. The summed E-state index contributed by atoms with van der Waals surface area (Å²) in [5.41, 5.74) is 1.28. The smallest absolute Gasteiger partial charge is 0.417 e. The fourth-order valence-electron chi connectivity index (χ4n) is 6.22. The van der Waals surface area contributed by atoms with E-state index in [1.54, 1.807) is 12.1 Å². The predicted octanol–water partition coefficient (Wildman–Crippen LogP) is 3.65. The van der Waals surface area contributed by atoms with Crippen LogP contribution in [0.3, 0.4) is 0 Å². The van der Waals surface area contributed by atoms with Crippen molar-refractivity contribution in [3.63, 3.8) is 0 Å². The fraction of sp³-hybridized carbons (Fsp3) is 0.500. The van der Waals surface area contributed by atoms with Gasteiger partial charge in [-0.15, -0.1) is 0 Å². The third-order valence-corrected chi connectivity index (χ3v) is 8.36. The Balaban J connectivity index is 1.09. The number of carbonyl (C=O) groups excluding carboxylic acids is 3. The van der Waals surface area contributed by atoms with Gasteiger partial charge in [0.1, 0.15) is 17.9 Å². The van der Waals surface area contributed by atoms with Crippen molar-refractivity contribution in [2.45, 2.75) is 75.4 Å². The van der Waals surface area contributed by atoms with Crippen molar-refractivity contribution < 1.29 is 32.3 Å². The van der Waals surface area contributed by atoms with E-state index in [9.17, 15) is 27.6 Å². The minimum absolute atomic E-state index is 0.0401. The van der Waals surface area contributed by atoms with Crippen LogP contribution in [0.5, 0.6) is 5.75 Å². The highest BCUT2D eigenvalue weighted by Crippen LogP contribution is 2.37. The van der Waals surface area contributed by atoms with Gasteiger partial charge in [0.2, 0.25) is 11.8 Å². The molecule has 0 radical (unpaired) electrons. The summed E-state index contributed by atoms with van der Waals surface area (Å²) < 4.78 is 45.0. The summed E-state index contributed by atoms with van der Waals surface area (Å²) in [7, 11) is 0. The quantitative estimate of drug-likeness (QED) is 0.580. The van der Waals surface area contributed by atoms with Gasteiger partial charge in [-0.25, -0.2) is 0 Å². The molecule has 39 heavy (non-hydrogen) atoms. The number of hydrogen-bond donors (Lipinski definition) is 1. The minimum Gasteiger partial charge on any atom is -0.489 e. The number of ether oxygens (including phenoxy) is 1. The number of fused-ring (bicyclic) bond motifs is 1. The van der Waals surface area contributed by atoms with Crippen molar-refractivity contribution in [1.82, 2.24) is 20.1 Å². The molecule has 8 nitrogen and oxygen atoms in total. The molecular weight excluding hydrogens is 513 g/mol. The van der Waals surface area contributed by atoms with Gasteiger partial charge in [0.15, 0.2) is 0 Å². The Morgan fingerprint density at radius 3 is 2.51 bits per heavy atom. The fourth-order valence-corrected chi connectivity index (χ4v) is 6.22. The van der Waals surface area contributed by atoms with E-state index >= 15 is 0 Å². The molecule has 1 aliphatic carbocycles. The first-order valence-electron chi connectivity index (χ1n) is 13.4. The van der Waals surface area contributed by atoms with Crippen molar-refractivity contribution >= 4 is 17.7 Å². The standard InChI is InChI=1S/C28H29F3N4O4/c29-28(30,31)18-5-8-21(32-12-18)17-13-34(14-17)22-3-1-2-4-24(22)39-19-6-7-20-16(11-19)15-35(27(20)38)23-9-10-25(36)33-26(23)37/h5-8,11-12,17,22-24H,1-4,9-10,13-15H2,(H,33,36,37)/t22-,23-,24-/m1/s1. The minimum atomic E-state index is -4.39. The van der Waals surface area contributed by atoms with E-state index in [2.05, 4.69) is 15.2 Å². The highest BCUT2D eigenvalue weighted by molar-refractivity contribution is 6.05. The molecule has 1 aromatic heterocycles. The lowest BCUT2D eigenvalue weighted by Crippen LogP contribution is -2.57. The number of amides is 3. The summed E-state index contributed by atoms with van der Waals surface area (Å²) in [6.45, 7) is 1.74. The Morgan fingerprint density at radius 1 is 1.00 bits per heavy atom. The summed E-state index contributed by atoms with van der Waals surface area (Å²) in [4.78, 5) is 44.7. The molecule has 4 heterocycles. The lowest BCUT2D eigenvalue weighted by molar-refractivity contribution is -0.138. The second-order valence-corrected chi connectivity index (χ2v) is 10.8. The Labute approximate surface area is 223 Å². The largest absolute Gasteiger partial charge is 0.489 e. The molecule has 0 unspecified atom stereocenters. The number of piperidine rings is 1. The zero-order valence-corrected chi connectivity index (χ0v) is 21.2. The van der Waals surface area contributed by atoms with Gasteiger partial charge in [0.05, 0.1) is 5.56 Å². The van der Waals surface area contributed by atoms with Crippen LogP contribution in [0.25, 0.3) is 0 Å². The van der Waals surface area contributed by atoms with Crippen molar-refractivity contribution in [1.29, 1.82) is 0 Å². The van der Waals surface area contributed by atoms with Crippen LogP contribution >= 0.6 is 0 Å².